The van der Waals surface area contributed by atoms with Gasteiger partial charge in [-0.2, -0.15) is 0 Å². The quantitative estimate of drug-likeness (QED) is 0.530. The van der Waals surface area contributed by atoms with Crippen LogP contribution >= 0.6 is 0 Å². The Morgan fingerprint density at radius 2 is 1.91 bits per heavy atom. The molecule has 1 aliphatic rings. The molecule has 0 bridgehead atoms. The number of nitrogens with two attached hydrogens (primary N) is 1. The first kappa shape index (κ1) is 22.7. The van der Waals surface area contributed by atoms with Crippen molar-refractivity contribution >= 4 is 5.91 Å². The molecule has 0 unspecified atom stereocenters. The van der Waals surface area contributed by atoms with Gasteiger partial charge in [-0.25, -0.2) is 9.37 Å². The molecule has 0 aliphatic carbocycles. The van der Waals surface area contributed by atoms with Gasteiger partial charge in [0.25, 0.3) is 5.91 Å². The van der Waals surface area contributed by atoms with Gasteiger partial charge in [-0.15, -0.1) is 0 Å². The molecule has 2 atom stereocenters. The number of nitrogens with one attached hydrogen (secondary N) is 1. The van der Waals surface area contributed by atoms with E-state index in [-0.39, 0.29) is 17.2 Å². The summed E-state index contributed by atoms with van der Waals surface area (Å²) in [4.78, 5) is 17.8. The average molecular weight is 451 g/mol. The highest BCUT2D eigenvalue weighted by Crippen LogP contribution is 2.31. The number of carbonyl (C=O) groups excluding carboxylic acids is 1. The minimum absolute atomic E-state index is 0.0607. The zero-order chi connectivity index (χ0) is 23.5. The van der Waals surface area contributed by atoms with Crippen LogP contribution in [0.4, 0.5) is 4.39 Å². The number of nitrogens with zero attached hydrogens (tertiary/aromatic N) is 2. The molecule has 1 aliphatic heterocycles. The van der Waals surface area contributed by atoms with E-state index in [1.54, 1.807) is 18.2 Å². The van der Waals surface area contributed by atoms with Crippen LogP contribution in [0.15, 0.2) is 54.7 Å². The predicted molar refractivity (Wildman–Crippen MR) is 124 cm³/mol. The van der Waals surface area contributed by atoms with Crippen molar-refractivity contribution < 1.29 is 19.0 Å². The molecule has 1 aromatic heterocycles. The summed E-state index contributed by atoms with van der Waals surface area (Å²) in [7, 11) is 0. The van der Waals surface area contributed by atoms with Crippen LogP contribution in [0.1, 0.15) is 29.8 Å². The lowest BCUT2D eigenvalue weighted by molar-refractivity contribution is 0.0997. The number of halogens is 1. The number of aromatic hydroxyl groups is 1. The number of ether oxygens (including phenoxy) is 1. The number of aromatic nitrogens is 1. The van der Waals surface area contributed by atoms with E-state index in [2.05, 4.69) is 29.0 Å². The van der Waals surface area contributed by atoms with Gasteiger partial charge >= 0.3 is 0 Å². The molecular formula is C25H27FN4O3. The molecule has 8 heteroatoms. The number of carbonyl (C=O) groups is 1. The van der Waals surface area contributed by atoms with Crippen LogP contribution in [-0.2, 0) is 6.54 Å². The van der Waals surface area contributed by atoms with Gasteiger partial charge in [0.05, 0.1) is 6.20 Å². The summed E-state index contributed by atoms with van der Waals surface area (Å²) in [6.07, 6.45) is 0.968. The first-order chi connectivity index (χ1) is 15.8. The molecule has 0 radical (unpaired) electrons. The Balaban J connectivity index is 1.58. The fourth-order valence-electron chi connectivity index (χ4n) is 4.24. The minimum atomic E-state index is -0.826. The Labute approximate surface area is 192 Å². The molecule has 172 valence electrons. The molecular weight excluding hydrogens is 423 g/mol. The number of phenolic OH excluding ortho intramolecular Hbond substituents is 1. The predicted octanol–water partition coefficient (Wildman–Crippen LogP) is 3.67. The van der Waals surface area contributed by atoms with Gasteiger partial charge in [0.1, 0.15) is 22.9 Å². The van der Waals surface area contributed by atoms with E-state index in [1.807, 2.05) is 24.3 Å². The summed E-state index contributed by atoms with van der Waals surface area (Å²) in [5, 5.41) is 14.0. The first-order valence-corrected chi connectivity index (χ1v) is 10.8. The molecule has 1 amide bonds. The standard InChI is InChI=1S/C25H27FN4O3/c1-15-12-30(13-16(2)29-15)14-19-8-18(6-7-23(19)31)17-4-3-5-21(9-17)33-25-22(24(27)32)10-20(26)11-28-25/h3-11,15-16,29,31H,12-14H2,1-2H3,(H2,27,32)/t15-,16+. The number of phenols is 1. The van der Waals surface area contributed by atoms with Gasteiger partial charge in [-0.3, -0.25) is 9.69 Å². The largest absolute Gasteiger partial charge is 0.508 e. The fourth-order valence-corrected chi connectivity index (χ4v) is 4.24. The monoisotopic (exact) mass is 450 g/mol. The third kappa shape index (κ3) is 5.47. The number of primary amides is 1. The van der Waals surface area contributed by atoms with Crippen LogP contribution in [0.5, 0.6) is 17.4 Å². The maximum Gasteiger partial charge on any atom is 0.254 e. The Hall–Kier alpha value is -3.49. The van der Waals surface area contributed by atoms with Crippen molar-refractivity contribution in [3.8, 4) is 28.5 Å². The van der Waals surface area contributed by atoms with E-state index in [1.165, 1.54) is 0 Å². The van der Waals surface area contributed by atoms with Crippen molar-refractivity contribution in [1.82, 2.24) is 15.2 Å². The van der Waals surface area contributed by atoms with Crippen molar-refractivity contribution in [2.24, 2.45) is 5.73 Å². The van der Waals surface area contributed by atoms with Crippen molar-refractivity contribution in [2.45, 2.75) is 32.5 Å². The molecule has 4 rings (SSSR count). The zero-order valence-electron chi connectivity index (χ0n) is 18.6. The smallest absolute Gasteiger partial charge is 0.254 e. The van der Waals surface area contributed by atoms with Crippen molar-refractivity contribution in [3.63, 3.8) is 0 Å². The molecule has 3 aromatic rings. The lowest BCUT2D eigenvalue weighted by Crippen LogP contribution is -2.53. The highest BCUT2D eigenvalue weighted by Gasteiger charge is 2.22. The van der Waals surface area contributed by atoms with E-state index in [9.17, 15) is 14.3 Å². The third-order valence-corrected chi connectivity index (χ3v) is 5.57. The second kappa shape index (κ2) is 9.56. The van der Waals surface area contributed by atoms with Gasteiger partial charge in [0.15, 0.2) is 0 Å². The molecule has 2 aromatic carbocycles. The van der Waals surface area contributed by atoms with Gasteiger partial charge < -0.3 is 20.9 Å². The molecule has 0 saturated carbocycles. The van der Waals surface area contributed by atoms with E-state index >= 15 is 0 Å². The summed E-state index contributed by atoms with van der Waals surface area (Å²) in [6.45, 7) is 6.77. The number of pyridine rings is 1. The number of hydrogen-bond acceptors (Lipinski definition) is 6. The SMILES string of the molecule is C[C@@H]1CN(Cc2cc(-c3cccc(Oc4ncc(F)cc4C(N)=O)c3)ccc2O)C[C@H](C)N1. The Morgan fingerprint density at radius 3 is 2.64 bits per heavy atom. The van der Waals surface area contributed by atoms with E-state index in [0.29, 0.717) is 24.4 Å². The lowest BCUT2D eigenvalue weighted by atomic mass is 10.0. The van der Waals surface area contributed by atoms with Gasteiger partial charge in [0.2, 0.25) is 5.88 Å². The molecule has 1 saturated heterocycles. The number of piperazine rings is 1. The van der Waals surface area contributed by atoms with Crippen LogP contribution in [0.25, 0.3) is 11.1 Å². The molecule has 4 N–H and O–H groups in total. The summed E-state index contributed by atoms with van der Waals surface area (Å²) >= 11 is 0. The van der Waals surface area contributed by atoms with E-state index < -0.39 is 11.7 Å². The maximum absolute atomic E-state index is 13.5. The number of amides is 1. The maximum atomic E-state index is 13.5. The van der Waals surface area contributed by atoms with E-state index in [4.69, 9.17) is 10.5 Å². The van der Waals surface area contributed by atoms with Gasteiger partial charge in [0, 0.05) is 37.3 Å². The number of rotatable bonds is 6. The van der Waals surface area contributed by atoms with Crippen molar-refractivity contribution in [2.75, 3.05) is 13.1 Å². The molecule has 0 spiro atoms. The highest BCUT2D eigenvalue weighted by atomic mass is 19.1. The second-order valence-electron chi connectivity index (χ2n) is 8.51. The number of hydrogen-bond donors (Lipinski definition) is 3. The zero-order valence-corrected chi connectivity index (χ0v) is 18.6. The topological polar surface area (TPSA) is 101 Å². The lowest BCUT2D eigenvalue weighted by Gasteiger charge is -2.36. The molecule has 1 fully saturated rings. The fraction of sp³-hybridized carbons (Fsp3) is 0.280. The summed E-state index contributed by atoms with van der Waals surface area (Å²) < 4.78 is 19.2. The van der Waals surface area contributed by atoms with Crippen LogP contribution in [0.3, 0.4) is 0 Å². The summed E-state index contributed by atoms with van der Waals surface area (Å²) in [6, 6.07) is 14.5. The van der Waals surface area contributed by atoms with Crippen molar-refractivity contribution in [1.29, 1.82) is 0 Å². The van der Waals surface area contributed by atoms with Crippen molar-refractivity contribution in [3.05, 3.63) is 71.7 Å². The first-order valence-electron chi connectivity index (χ1n) is 10.8. The normalized spacial score (nSPS) is 18.8. The van der Waals surface area contributed by atoms with Crippen LogP contribution in [-0.4, -0.2) is 46.1 Å². The van der Waals surface area contributed by atoms with Crippen LogP contribution < -0.4 is 15.8 Å². The Kier molecular flexibility index (Phi) is 6.57. The summed E-state index contributed by atoms with van der Waals surface area (Å²) in [5.41, 5.74) is 7.81. The van der Waals surface area contributed by atoms with Crippen LogP contribution in [0, 0.1) is 5.82 Å². The summed E-state index contributed by atoms with van der Waals surface area (Å²) in [5.74, 6) is -0.878. The Bertz CT molecular complexity index is 1160. The van der Waals surface area contributed by atoms with E-state index in [0.717, 1.165) is 42.0 Å². The highest BCUT2D eigenvalue weighted by molar-refractivity contribution is 5.95. The minimum Gasteiger partial charge on any atom is -0.508 e. The third-order valence-electron chi connectivity index (χ3n) is 5.57. The van der Waals surface area contributed by atoms with Crippen LogP contribution in [0.2, 0.25) is 0 Å². The molecule has 2 heterocycles. The second-order valence-corrected chi connectivity index (χ2v) is 8.51. The van der Waals surface area contributed by atoms with Gasteiger partial charge in [-0.1, -0.05) is 18.2 Å². The average Bonchev–Trinajstić information content (AvgIpc) is 2.76. The molecule has 33 heavy (non-hydrogen) atoms. The number of benzene rings is 2. The van der Waals surface area contributed by atoms with Gasteiger partial charge in [-0.05, 0) is 55.3 Å². The molecule has 7 nitrogen and oxygen atoms in total. The Morgan fingerprint density at radius 1 is 1.18 bits per heavy atom.